The standard InChI is InChI=1S/C11H18.CH4/c1-5-7-11(4)9-6-8-10(2)3;/h5,7-8H,1,6,9H2,2-4H3;1H4. The molecule has 0 aliphatic rings. The Bertz CT molecular complexity index is 166. The monoisotopic (exact) mass is 166 g/mol. The molecule has 0 heteroatoms. The molecule has 0 aromatic carbocycles. The lowest BCUT2D eigenvalue weighted by atomic mass is 10.1. The van der Waals surface area contributed by atoms with Crippen molar-refractivity contribution < 1.29 is 0 Å². The molecule has 0 N–H and O–H groups in total. The summed E-state index contributed by atoms with van der Waals surface area (Å²) in [5.41, 5.74) is 2.80. The van der Waals surface area contributed by atoms with Gasteiger partial charge in [-0.25, -0.2) is 0 Å². The highest BCUT2D eigenvalue weighted by atomic mass is 13.9. The predicted octanol–water partition coefficient (Wildman–Crippen LogP) is 4.50. The van der Waals surface area contributed by atoms with Crippen LogP contribution in [0.3, 0.4) is 0 Å². The van der Waals surface area contributed by atoms with E-state index in [2.05, 4.69) is 39.5 Å². The maximum Gasteiger partial charge on any atom is -0.0285 e. The van der Waals surface area contributed by atoms with E-state index in [9.17, 15) is 0 Å². The van der Waals surface area contributed by atoms with E-state index in [1.165, 1.54) is 11.1 Å². The van der Waals surface area contributed by atoms with Gasteiger partial charge in [0.25, 0.3) is 0 Å². The maximum atomic E-state index is 3.65. The molecule has 0 saturated heterocycles. The molecule has 0 bridgehead atoms. The summed E-state index contributed by atoms with van der Waals surface area (Å²) in [4.78, 5) is 0. The lowest BCUT2D eigenvalue weighted by molar-refractivity contribution is 0.967. The first-order chi connectivity index (χ1) is 5.16. The first kappa shape index (κ1) is 13.8. The van der Waals surface area contributed by atoms with Gasteiger partial charge in [-0.2, -0.15) is 0 Å². The Balaban J connectivity index is 0. The normalized spacial score (nSPS) is 10.1. The fraction of sp³-hybridized carbons (Fsp3) is 0.500. The molecular weight excluding hydrogens is 144 g/mol. The van der Waals surface area contributed by atoms with Gasteiger partial charge in [0.05, 0.1) is 0 Å². The summed E-state index contributed by atoms with van der Waals surface area (Å²) in [5.74, 6) is 0. The average molecular weight is 166 g/mol. The zero-order chi connectivity index (χ0) is 8.69. The molecule has 0 aromatic rings. The van der Waals surface area contributed by atoms with E-state index >= 15 is 0 Å². The Morgan fingerprint density at radius 3 is 2.25 bits per heavy atom. The van der Waals surface area contributed by atoms with Crippen molar-refractivity contribution in [3.05, 3.63) is 36.0 Å². The molecule has 0 atom stereocenters. The van der Waals surface area contributed by atoms with Crippen LogP contribution >= 0.6 is 0 Å². The van der Waals surface area contributed by atoms with E-state index in [0.29, 0.717) is 0 Å². The Hall–Kier alpha value is -0.780. The van der Waals surface area contributed by atoms with Gasteiger partial charge in [-0.15, -0.1) is 0 Å². The minimum atomic E-state index is 0. The molecule has 0 saturated carbocycles. The predicted molar refractivity (Wildman–Crippen MR) is 59.4 cm³/mol. The van der Waals surface area contributed by atoms with E-state index in [4.69, 9.17) is 0 Å². The van der Waals surface area contributed by atoms with E-state index in [1.807, 2.05) is 6.08 Å². The molecule has 0 aliphatic carbocycles. The fourth-order valence-corrected chi connectivity index (χ4v) is 0.873. The van der Waals surface area contributed by atoms with Crippen LogP contribution in [-0.2, 0) is 0 Å². The van der Waals surface area contributed by atoms with Gasteiger partial charge in [-0.3, -0.25) is 0 Å². The molecule has 0 fully saturated rings. The van der Waals surface area contributed by atoms with Crippen molar-refractivity contribution in [3.8, 4) is 0 Å². The third-order valence-electron chi connectivity index (χ3n) is 1.49. The Kier molecular flexibility index (Phi) is 9.56. The zero-order valence-electron chi connectivity index (χ0n) is 7.85. The average Bonchev–Trinajstić information content (AvgIpc) is 1.87. The van der Waals surface area contributed by atoms with Gasteiger partial charge >= 0.3 is 0 Å². The lowest BCUT2D eigenvalue weighted by Gasteiger charge is -1.95. The second-order valence-corrected chi connectivity index (χ2v) is 3.07. The highest BCUT2D eigenvalue weighted by molar-refractivity contribution is 5.08. The van der Waals surface area contributed by atoms with Gasteiger partial charge in [0.1, 0.15) is 0 Å². The molecule has 0 spiro atoms. The van der Waals surface area contributed by atoms with Gasteiger partial charge in [-0.1, -0.05) is 43.4 Å². The molecular formula is C12H22. The summed E-state index contributed by atoms with van der Waals surface area (Å²) in [6, 6.07) is 0. The van der Waals surface area contributed by atoms with Gasteiger partial charge in [-0.05, 0) is 33.6 Å². The molecule has 0 unspecified atom stereocenters. The van der Waals surface area contributed by atoms with Crippen molar-refractivity contribution >= 4 is 0 Å². The van der Waals surface area contributed by atoms with Crippen LogP contribution in [0.15, 0.2) is 36.0 Å². The van der Waals surface area contributed by atoms with Crippen molar-refractivity contribution in [1.82, 2.24) is 0 Å². The zero-order valence-corrected chi connectivity index (χ0v) is 7.85. The summed E-state index contributed by atoms with van der Waals surface area (Å²) in [7, 11) is 0. The molecule has 0 nitrogen and oxygen atoms in total. The van der Waals surface area contributed by atoms with E-state index in [0.717, 1.165) is 12.8 Å². The Labute approximate surface area is 77.7 Å². The maximum absolute atomic E-state index is 3.65. The topological polar surface area (TPSA) is 0 Å². The van der Waals surface area contributed by atoms with Crippen LogP contribution in [0, 0.1) is 0 Å². The van der Waals surface area contributed by atoms with Gasteiger partial charge in [0.2, 0.25) is 0 Å². The van der Waals surface area contributed by atoms with Crippen molar-refractivity contribution in [2.75, 3.05) is 0 Å². The van der Waals surface area contributed by atoms with Crippen molar-refractivity contribution in [2.24, 2.45) is 0 Å². The van der Waals surface area contributed by atoms with Crippen molar-refractivity contribution in [3.63, 3.8) is 0 Å². The molecule has 0 radical (unpaired) electrons. The minimum absolute atomic E-state index is 0. The third kappa shape index (κ3) is 9.22. The van der Waals surface area contributed by atoms with E-state index in [-0.39, 0.29) is 7.43 Å². The van der Waals surface area contributed by atoms with Crippen LogP contribution in [0.1, 0.15) is 41.0 Å². The highest BCUT2D eigenvalue weighted by Crippen LogP contribution is 2.05. The first-order valence-corrected chi connectivity index (χ1v) is 4.08. The van der Waals surface area contributed by atoms with Crippen LogP contribution in [0.2, 0.25) is 0 Å². The van der Waals surface area contributed by atoms with Crippen LogP contribution < -0.4 is 0 Å². The quantitative estimate of drug-likeness (QED) is 0.426. The molecule has 0 aromatic heterocycles. The van der Waals surface area contributed by atoms with Crippen LogP contribution in [-0.4, -0.2) is 0 Å². The third-order valence-corrected chi connectivity index (χ3v) is 1.49. The van der Waals surface area contributed by atoms with Crippen molar-refractivity contribution in [2.45, 2.75) is 41.0 Å². The van der Waals surface area contributed by atoms with Crippen molar-refractivity contribution in [1.29, 1.82) is 0 Å². The molecule has 70 valence electrons. The largest absolute Gasteiger partial charge is 0.0991 e. The number of hydrogen-bond donors (Lipinski definition) is 0. The Morgan fingerprint density at radius 1 is 1.25 bits per heavy atom. The summed E-state index contributed by atoms with van der Waals surface area (Å²) in [5, 5.41) is 0. The lowest BCUT2D eigenvalue weighted by Crippen LogP contribution is -1.75. The molecule has 12 heavy (non-hydrogen) atoms. The van der Waals surface area contributed by atoms with E-state index < -0.39 is 0 Å². The van der Waals surface area contributed by atoms with Gasteiger partial charge in [0, 0.05) is 0 Å². The second-order valence-electron chi connectivity index (χ2n) is 3.07. The van der Waals surface area contributed by atoms with Crippen LogP contribution in [0.5, 0.6) is 0 Å². The summed E-state index contributed by atoms with van der Waals surface area (Å²) in [6.45, 7) is 10.1. The summed E-state index contributed by atoms with van der Waals surface area (Å²) < 4.78 is 0. The van der Waals surface area contributed by atoms with Crippen LogP contribution in [0.25, 0.3) is 0 Å². The second kappa shape index (κ2) is 8.32. The number of rotatable bonds is 4. The number of hydrogen-bond acceptors (Lipinski definition) is 0. The summed E-state index contributed by atoms with van der Waals surface area (Å²) in [6.07, 6.45) is 8.48. The Morgan fingerprint density at radius 2 is 1.83 bits per heavy atom. The van der Waals surface area contributed by atoms with E-state index in [1.54, 1.807) is 0 Å². The smallest absolute Gasteiger partial charge is 0.0285 e. The SMILES string of the molecule is C.C=CC=C(C)CCC=C(C)C. The van der Waals surface area contributed by atoms with Gasteiger partial charge in [0.15, 0.2) is 0 Å². The summed E-state index contributed by atoms with van der Waals surface area (Å²) >= 11 is 0. The molecule has 0 amide bonds. The van der Waals surface area contributed by atoms with Gasteiger partial charge < -0.3 is 0 Å². The number of allylic oxidation sites excluding steroid dienone is 5. The fourth-order valence-electron chi connectivity index (χ4n) is 0.873. The molecule has 0 rings (SSSR count). The minimum Gasteiger partial charge on any atom is -0.0991 e. The van der Waals surface area contributed by atoms with Crippen LogP contribution in [0.4, 0.5) is 0 Å². The first-order valence-electron chi connectivity index (χ1n) is 4.08. The highest BCUT2D eigenvalue weighted by Gasteiger charge is 1.85. The molecule has 0 aliphatic heterocycles. The molecule has 0 heterocycles.